The van der Waals surface area contributed by atoms with Gasteiger partial charge in [0.15, 0.2) is 0 Å². The van der Waals surface area contributed by atoms with Crippen LogP contribution in [-0.4, -0.2) is 13.0 Å². The van der Waals surface area contributed by atoms with Crippen LogP contribution in [0.15, 0.2) is 24.3 Å². The number of anilines is 1. The van der Waals surface area contributed by atoms with E-state index in [4.69, 9.17) is 4.74 Å². The maximum atomic E-state index is 12.2. The van der Waals surface area contributed by atoms with Crippen molar-refractivity contribution in [2.45, 2.75) is 32.6 Å². The van der Waals surface area contributed by atoms with Gasteiger partial charge in [-0.25, -0.2) is 0 Å². The van der Waals surface area contributed by atoms with Gasteiger partial charge in [-0.2, -0.15) is 0 Å². The molecule has 1 atom stereocenters. The quantitative estimate of drug-likeness (QED) is 0.884. The van der Waals surface area contributed by atoms with Crippen LogP contribution in [0.25, 0.3) is 0 Å². The smallest absolute Gasteiger partial charge is 0.227 e. The lowest BCUT2D eigenvalue weighted by Crippen LogP contribution is -2.25. The Morgan fingerprint density at radius 1 is 1.33 bits per heavy atom. The summed E-state index contributed by atoms with van der Waals surface area (Å²) in [7, 11) is 1.62. The number of nitrogens with one attached hydrogen (secondary N) is 1. The van der Waals surface area contributed by atoms with Gasteiger partial charge in [0.1, 0.15) is 5.75 Å². The van der Waals surface area contributed by atoms with E-state index in [2.05, 4.69) is 5.32 Å². The molecule has 1 aliphatic carbocycles. The molecule has 0 aromatic heterocycles. The lowest BCUT2D eigenvalue weighted by atomic mass is 9.92. The van der Waals surface area contributed by atoms with Crippen molar-refractivity contribution in [3.05, 3.63) is 24.3 Å². The van der Waals surface area contributed by atoms with Gasteiger partial charge in [-0.15, -0.1) is 0 Å². The molecule has 1 N–H and O–H groups in total. The number of ether oxygens (including phenoxy) is 1. The highest BCUT2D eigenvalue weighted by molar-refractivity contribution is 5.93. The molecule has 1 fully saturated rings. The number of methoxy groups -OCH3 is 1. The Balaban J connectivity index is 2.01. The first-order chi connectivity index (χ1) is 8.72. The minimum Gasteiger partial charge on any atom is -0.495 e. The first kappa shape index (κ1) is 12.9. The minimum atomic E-state index is 0.0809. The molecule has 0 radical (unpaired) electrons. The fourth-order valence-electron chi connectivity index (χ4n) is 2.67. The average molecular weight is 247 g/mol. The van der Waals surface area contributed by atoms with E-state index < -0.39 is 0 Å². The highest BCUT2D eigenvalue weighted by Gasteiger charge is 2.27. The zero-order valence-corrected chi connectivity index (χ0v) is 11.1. The SMILES string of the molecule is COc1ccccc1NC(=O)C(C)C1CCCC1. The van der Waals surface area contributed by atoms with Gasteiger partial charge >= 0.3 is 0 Å². The summed E-state index contributed by atoms with van der Waals surface area (Å²) in [5, 5.41) is 2.97. The highest BCUT2D eigenvalue weighted by atomic mass is 16.5. The highest BCUT2D eigenvalue weighted by Crippen LogP contribution is 2.32. The van der Waals surface area contributed by atoms with Crippen LogP contribution in [0, 0.1) is 11.8 Å². The maximum Gasteiger partial charge on any atom is 0.227 e. The lowest BCUT2D eigenvalue weighted by molar-refractivity contribution is -0.120. The van der Waals surface area contributed by atoms with Crippen LogP contribution in [-0.2, 0) is 4.79 Å². The number of hydrogen-bond acceptors (Lipinski definition) is 2. The molecule has 0 spiro atoms. The number of rotatable bonds is 4. The van der Waals surface area contributed by atoms with Crippen molar-refractivity contribution in [2.75, 3.05) is 12.4 Å². The first-order valence-corrected chi connectivity index (χ1v) is 6.66. The Hall–Kier alpha value is -1.51. The minimum absolute atomic E-state index is 0.0809. The van der Waals surface area contributed by atoms with E-state index in [0.29, 0.717) is 11.7 Å². The van der Waals surface area contributed by atoms with E-state index in [1.54, 1.807) is 7.11 Å². The Bertz CT molecular complexity index is 411. The molecular formula is C15H21NO2. The molecule has 3 nitrogen and oxygen atoms in total. The van der Waals surface area contributed by atoms with Crippen LogP contribution in [0.4, 0.5) is 5.69 Å². The van der Waals surface area contributed by atoms with Crippen molar-refractivity contribution in [1.29, 1.82) is 0 Å². The van der Waals surface area contributed by atoms with Crippen molar-refractivity contribution in [1.82, 2.24) is 0 Å². The Kier molecular flexibility index (Phi) is 4.24. The van der Waals surface area contributed by atoms with E-state index >= 15 is 0 Å². The van der Waals surface area contributed by atoms with Gasteiger partial charge in [0, 0.05) is 5.92 Å². The van der Waals surface area contributed by atoms with E-state index in [9.17, 15) is 4.79 Å². The third-order valence-corrected chi connectivity index (χ3v) is 3.89. The molecule has 1 amide bonds. The normalized spacial score (nSPS) is 17.4. The number of amides is 1. The first-order valence-electron chi connectivity index (χ1n) is 6.66. The molecule has 0 aliphatic heterocycles. The van der Waals surface area contributed by atoms with Crippen LogP contribution in [0.1, 0.15) is 32.6 Å². The van der Waals surface area contributed by atoms with Crippen molar-refractivity contribution >= 4 is 11.6 Å². The monoisotopic (exact) mass is 247 g/mol. The van der Waals surface area contributed by atoms with Crippen LogP contribution in [0.5, 0.6) is 5.75 Å². The summed E-state index contributed by atoms with van der Waals surface area (Å²) in [4.78, 5) is 12.2. The summed E-state index contributed by atoms with van der Waals surface area (Å²) in [6, 6.07) is 7.53. The zero-order chi connectivity index (χ0) is 13.0. The molecule has 98 valence electrons. The van der Waals surface area contributed by atoms with Crippen molar-refractivity contribution in [3.63, 3.8) is 0 Å². The zero-order valence-electron chi connectivity index (χ0n) is 11.1. The standard InChI is InChI=1S/C15H21NO2/c1-11(12-7-3-4-8-12)15(17)16-13-9-5-6-10-14(13)18-2/h5-6,9-12H,3-4,7-8H2,1-2H3,(H,16,17). The van der Waals surface area contributed by atoms with Crippen molar-refractivity contribution in [3.8, 4) is 5.75 Å². The van der Waals surface area contributed by atoms with Gasteiger partial charge in [-0.1, -0.05) is 31.9 Å². The summed E-state index contributed by atoms with van der Waals surface area (Å²) < 4.78 is 5.24. The van der Waals surface area contributed by atoms with Gasteiger partial charge < -0.3 is 10.1 Å². The number of hydrogen-bond donors (Lipinski definition) is 1. The topological polar surface area (TPSA) is 38.3 Å². The molecule has 0 heterocycles. The summed E-state index contributed by atoms with van der Waals surface area (Å²) in [5.74, 6) is 1.44. The van der Waals surface area contributed by atoms with Gasteiger partial charge in [0.25, 0.3) is 0 Å². The summed E-state index contributed by atoms with van der Waals surface area (Å²) in [5.41, 5.74) is 0.759. The Labute approximate surface area is 109 Å². The summed E-state index contributed by atoms with van der Waals surface area (Å²) in [6.07, 6.45) is 4.88. The third-order valence-electron chi connectivity index (χ3n) is 3.89. The molecular weight excluding hydrogens is 226 g/mol. The van der Waals surface area contributed by atoms with Crippen molar-refractivity contribution < 1.29 is 9.53 Å². The number of carbonyl (C=O) groups is 1. The second kappa shape index (κ2) is 5.89. The van der Waals surface area contributed by atoms with E-state index in [1.165, 1.54) is 25.7 Å². The molecule has 1 unspecified atom stereocenters. The van der Waals surface area contributed by atoms with Crippen LogP contribution < -0.4 is 10.1 Å². The summed E-state index contributed by atoms with van der Waals surface area (Å²) >= 11 is 0. The molecule has 1 saturated carbocycles. The molecule has 0 saturated heterocycles. The molecule has 0 bridgehead atoms. The van der Waals surface area contributed by atoms with Crippen molar-refractivity contribution in [2.24, 2.45) is 11.8 Å². The van der Waals surface area contributed by atoms with Crippen LogP contribution in [0.3, 0.4) is 0 Å². The number of para-hydroxylation sites is 2. The molecule has 2 rings (SSSR count). The summed E-state index contributed by atoms with van der Waals surface area (Å²) in [6.45, 7) is 2.03. The Morgan fingerprint density at radius 3 is 2.67 bits per heavy atom. The van der Waals surface area contributed by atoms with E-state index in [1.807, 2.05) is 31.2 Å². The van der Waals surface area contributed by atoms with E-state index in [0.717, 1.165) is 5.69 Å². The van der Waals surface area contributed by atoms with Gasteiger partial charge in [0.05, 0.1) is 12.8 Å². The second-order valence-electron chi connectivity index (χ2n) is 5.02. The molecule has 3 heteroatoms. The number of carbonyl (C=O) groups excluding carboxylic acids is 1. The fraction of sp³-hybridized carbons (Fsp3) is 0.533. The fourth-order valence-corrected chi connectivity index (χ4v) is 2.67. The molecule has 1 aromatic carbocycles. The van der Waals surface area contributed by atoms with E-state index in [-0.39, 0.29) is 11.8 Å². The van der Waals surface area contributed by atoms with Crippen LogP contribution >= 0.6 is 0 Å². The largest absolute Gasteiger partial charge is 0.495 e. The predicted octanol–water partition coefficient (Wildman–Crippen LogP) is 3.46. The number of benzene rings is 1. The predicted molar refractivity (Wildman–Crippen MR) is 72.7 cm³/mol. The molecule has 18 heavy (non-hydrogen) atoms. The van der Waals surface area contributed by atoms with Gasteiger partial charge in [-0.05, 0) is 30.9 Å². The average Bonchev–Trinajstić information content (AvgIpc) is 2.92. The second-order valence-corrected chi connectivity index (χ2v) is 5.02. The maximum absolute atomic E-state index is 12.2. The third kappa shape index (κ3) is 2.84. The Morgan fingerprint density at radius 2 is 2.00 bits per heavy atom. The van der Waals surface area contributed by atoms with Gasteiger partial charge in [0.2, 0.25) is 5.91 Å². The van der Waals surface area contributed by atoms with Gasteiger partial charge in [-0.3, -0.25) is 4.79 Å². The van der Waals surface area contributed by atoms with Crippen LogP contribution in [0.2, 0.25) is 0 Å². The lowest BCUT2D eigenvalue weighted by Gasteiger charge is -2.19. The molecule has 1 aromatic rings. The molecule has 1 aliphatic rings.